The fourth-order valence-corrected chi connectivity index (χ4v) is 2.37. The molecule has 0 saturated heterocycles. The molecule has 0 radical (unpaired) electrons. The first-order valence-electron chi connectivity index (χ1n) is 6.82. The lowest BCUT2D eigenvalue weighted by molar-refractivity contribution is -0.139. The number of hydrogen-bond donors (Lipinski definition) is 5. The minimum absolute atomic E-state index is 0.0710. The highest BCUT2D eigenvalue weighted by atomic mass is 32.1. The van der Waals surface area contributed by atoms with Gasteiger partial charge in [0.1, 0.15) is 17.1 Å². The molecule has 4 N–H and O–H groups in total. The average molecular weight is 355 g/mol. The molecule has 0 aromatic heterocycles. The molecule has 2 rings (SSSR count). The Balaban J connectivity index is 2.33. The lowest BCUT2D eigenvalue weighted by Gasteiger charge is -2.29. The summed E-state index contributed by atoms with van der Waals surface area (Å²) in [7, 11) is -1.46. The van der Waals surface area contributed by atoms with E-state index in [-0.39, 0.29) is 29.2 Å². The molecule has 0 bridgehead atoms. The fraction of sp³-hybridized carbons (Fsp3) is 0.308. The molecule has 0 saturated carbocycles. The Kier molecular flexibility index (Phi) is 5.57. The summed E-state index contributed by atoms with van der Waals surface area (Å²) in [5.41, 5.74) is 0.0524. The molecule has 1 amide bonds. The van der Waals surface area contributed by atoms with E-state index in [2.05, 4.69) is 17.9 Å². The summed E-state index contributed by atoms with van der Waals surface area (Å²) in [5, 5.41) is 30.5. The van der Waals surface area contributed by atoms with Crippen molar-refractivity contribution in [3.05, 3.63) is 23.3 Å². The molecule has 1 aliphatic rings. The van der Waals surface area contributed by atoms with Gasteiger partial charge in [0.15, 0.2) is 6.61 Å². The van der Waals surface area contributed by atoms with Gasteiger partial charge in [0.05, 0.1) is 11.7 Å². The molecular weight excluding hydrogens is 341 g/mol. The van der Waals surface area contributed by atoms with E-state index < -0.39 is 37.5 Å². The zero-order valence-electron chi connectivity index (χ0n) is 12.3. The van der Waals surface area contributed by atoms with Crippen LogP contribution < -0.4 is 14.7 Å². The highest BCUT2D eigenvalue weighted by Gasteiger charge is 2.38. The monoisotopic (exact) mass is 355 g/mol. The van der Waals surface area contributed by atoms with E-state index in [9.17, 15) is 24.5 Å². The van der Waals surface area contributed by atoms with Gasteiger partial charge in [-0.15, -0.1) is 0 Å². The third kappa shape index (κ3) is 3.92. The summed E-state index contributed by atoms with van der Waals surface area (Å²) in [6.07, 6.45) is 0.134. The Hall–Kier alpha value is -2.40. The minimum atomic E-state index is -1.46. The van der Waals surface area contributed by atoms with Crippen molar-refractivity contribution in [3.8, 4) is 11.5 Å². The van der Waals surface area contributed by atoms with E-state index in [0.29, 0.717) is 5.56 Å². The summed E-state index contributed by atoms with van der Waals surface area (Å²) in [6, 6.07) is 2.80. The van der Waals surface area contributed by atoms with Gasteiger partial charge in [-0.3, -0.25) is 4.79 Å². The quantitative estimate of drug-likeness (QED) is 0.330. The van der Waals surface area contributed by atoms with Crippen LogP contribution in [0.5, 0.6) is 11.5 Å². The number of aliphatic carboxylic acids is 1. The number of nitrogens with one attached hydrogen (secondary N) is 1. The number of amides is 1. The number of rotatable bonds is 6. The molecule has 24 heavy (non-hydrogen) atoms. The van der Waals surface area contributed by atoms with Crippen molar-refractivity contribution in [2.24, 2.45) is 0 Å². The van der Waals surface area contributed by atoms with Gasteiger partial charge in [-0.05, 0) is 18.1 Å². The molecule has 9 nitrogen and oxygen atoms in total. The van der Waals surface area contributed by atoms with Gasteiger partial charge in [0.2, 0.25) is 5.91 Å². The van der Waals surface area contributed by atoms with Crippen molar-refractivity contribution in [1.82, 2.24) is 5.32 Å². The van der Waals surface area contributed by atoms with Crippen LogP contribution in [0.4, 0.5) is 0 Å². The van der Waals surface area contributed by atoms with Crippen molar-refractivity contribution >= 4 is 37.6 Å². The number of carbonyl (C=O) groups is 3. The van der Waals surface area contributed by atoms with E-state index in [1.54, 1.807) is 0 Å². The summed E-state index contributed by atoms with van der Waals surface area (Å²) >= 11 is 3.82. The number of aromatic carboxylic acids is 1. The Labute approximate surface area is 142 Å². The molecule has 0 aliphatic carbocycles. The number of carboxylic acid groups (broad SMARTS) is 2. The molecule has 1 aliphatic heterocycles. The fourth-order valence-electron chi connectivity index (χ4n) is 2.28. The van der Waals surface area contributed by atoms with E-state index in [4.69, 9.17) is 14.5 Å². The first kappa shape index (κ1) is 18.0. The van der Waals surface area contributed by atoms with Gasteiger partial charge < -0.3 is 29.9 Å². The van der Waals surface area contributed by atoms with E-state index in [1.165, 1.54) is 12.1 Å². The molecule has 11 heteroatoms. The Morgan fingerprint density at radius 3 is 2.67 bits per heavy atom. The number of thiol groups is 1. The maximum atomic E-state index is 11.5. The van der Waals surface area contributed by atoms with Gasteiger partial charge in [-0.1, -0.05) is 6.07 Å². The second-order valence-electron chi connectivity index (χ2n) is 4.96. The Morgan fingerprint density at radius 2 is 2.08 bits per heavy atom. The van der Waals surface area contributed by atoms with Crippen LogP contribution in [0.1, 0.15) is 15.9 Å². The van der Waals surface area contributed by atoms with Crippen molar-refractivity contribution in [1.29, 1.82) is 0 Å². The van der Waals surface area contributed by atoms with Crippen LogP contribution in [-0.4, -0.2) is 58.5 Å². The molecule has 1 atom stereocenters. The van der Waals surface area contributed by atoms with Crippen LogP contribution in [0.25, 0.3) is 0 Å². The van der Waals surface area contributed by atoms with E-state index in [0.717, 1.165) is 0 Å². The predicted molar refractivity (Wildman–Crippen MR) is 84.6 cm³/mol. The van der Waals surface area contributed by atoms with Gasteiger partial charge in [0, 0.05) is 0 Å². The average Bonchev–Trinajstić information content (AvgIpc) is 2.52. The zero-order chi connectivity index (χ0) is 17.9. The molecule has 128 valence electrons. The number of carbonyl (C=O) groups excluding carboxylic acids is 1. The van der Waals surface area contributed by atoms with E-state index in [1.807, 2.05) is 0 Å². The van der Waals surface area contributed by atoms with Crippen molar-refractivity contribution < 1.29 is 39.0 Å². The molecule has 0 unspecified atom stereocenters. The minimum Gasteiger partial charge on any atom is -0.534 e. The predicted octanol–water partition coefficient (Wildman–Crippen LogP) is -0.783. The van der Waals surface area contributed by atoms with Crippen LogP contribution in [-0.2, 0) is 16.0 Å². The zero-order valence-corrected chi connectivity index (χ0v) is 13.2. The first-order chi connectivity index (χ1) is 11.3. The maximum absolute atomic E-state index is 11.5. The summed E-state index contributed by atoms with van der Waals surface area (Å²) in [4.78, 5) is 33.5. The third-order valence-electron chi connectivity index (χ3n) is 3.28. The summed E-state index contributed by atoms with van der Waals surface area (Å²) < 4.78 is 10.2. The molecule has 0 fully saturated rings. The highest BCUT2D eigenvalue weighted by Crippen LogP contribution is 2.36. The number of carboxylic acids is 2. The number of fused-ring (bicyclic) bond motifs is 1. The maximum Gasteiger partial charge on any atom is 0.547 e. The lowest BCUT2D eigenvalue weighted by Crippen LogP contribution is -2.53. The Bertz CT molecular complexity index is 682. The molecule has 1 aromatic rings. The molecule has 1 heterocycles. The van der Waals surface area contributed by atoms with Crippen LogP contribution in [0, 0.1) is 0 Å². The second-order valence-corrected chi connectivity index (χ2v) is 5.28. The SMILES string of the molecule is O=C(O)COc1ccc2c(c1C(=O)O)OB(O)[C@@H](NC(=O)CS)C2. The van der Waals surface area contributed by atoms with Gasteiger partial charge in [-0.25, -0.2) is 9.59 Å². The molecule has 0 spiro atoms. The molecule has 1 aromatic carbocycles. The van der Waals surface area contributed by atoms with Crippen LogP contribution in [0.2, 0.25) is 0 Å². The first-order valence-corrected chi connectivity index (χ1v) is 7.45. The third-order valence-corrected chi connectivity index (χ3v) is 3.57. The van der Waals surface area contributed by atoms with Crippen molar-refractivity contribution in [3.63, 3.8) is 0 Å². The second kappa shape index (κ2) is 7.45. The molecular formula is C13H14BNO8S. The van der Waals surface area contributed by atoms with Gasteiger partial charge >= 0.3 is 19.1 Å². The normalized spacial score (nSPS) is 15.9. The summed E-state index contributed by atoms with van der Waals surface area (Å²) in [5.74, 6) is -4.20. The summed E-state index contributed by atoms with van der Waals surface area (Å²) in [6.45, 7) is -0.720. The van der Waals surface area contributed by atoms with Crippen LogP contribution >= 0.6 is 12.6 Å². The largest absolute Gasteiger partial charge is 0.547 e. The van der Waals surface area contributed by atoms with Crippen LogP contribution in [0.15, 0.2) is 12.1 Å². The highest BCUT2D eigenvalue weighted by molar-refractivity contribution is 7.81. The standard InChI is InChI=1S/C13H14BNO8S/c16-9(5-24)15-8-3-6-1-2-7(22-4-10(17)18)11(13(19)20)12(6)23-14(8)21/h1-2,8,21,24H,3-5H2,(H,15,16)(H,17,18)(H,19,20)/t8-/m0/s1. The topological polar surface area (TPSA) is 142 Å². The number of ether oxygens (including phenoxy) is 1. The Morgan fingerprint density at radius 1 is 1.38 bits per heavy atom. The van der Waals surface area contributed by atoms with Gasteiger partial charge in [-0.2, -0.15) is 12.6 Å². The number of hydrogen-bond acceptors (Lipinski definition) is 7. The van der Waals surface area contributed by atoms with Crippen molar-refractivity contribution in [2.75, 3.05) is 12.4 Å². The lowest BCUT2D eigenvalue weighted by atomic mass is 9.72. The van der Waals surface area contributed by atoms with Crippen LogP contribution in [0.3, 0.4) is 0 Å². The smallest absolute Gasteiger partial charge is 0.534 e. The number of benzene rings is 1. The van der Waals surface area contributed by atoms with E-state index >= 15 is 0 Å². The van der Waals surface area contributed by atoms with Crippen molar-refractivity contribution in [2.45, 2.75) is 12.4 Å². The van der Waals surface area contributed by atoms with Gasteiger partial charge in [0.25, 0.3) is 0 Å².